The number of ketones is 1. The third-order valence-electron chi connectivity index (χ3n) is 5.38. The SMILES string of the molecule is CCn1c(SCC(=O)c2ccc3c(c2)OCO3)nc2sc3c(c2c1=O)CCCC3. The smallest absolute Gasteiger partial charge is 0.263 e. The molecule has 3 aromatic rings. The lowest BCUT2D eigenvalue weighted by Crippen LogP contribution is -2.23. The van der Waals surface area contributed by atoms with E-state index in [4.69, 9.17) is 14.5 Å². The topological polar surface area (TPSA) is 70.4 Å². The zero-order valence-corrected chi connectivity index (χ0v) is 17.7. The summed E-state index contributed by atoms with van der Waals surface area (Å²) in [5.74, 6) is 1.43. The van der Waals surface area contributed by atoms with Crippen LogP contribution in [0.15, 0.2) is 28.2 Å². The first-order valence-corrected chi connectivity index (χ1v) is 11.6. The molecule has 0 saturated carbocycles. The van der Waals surface area contributed by atoms with Crippen LogP contribution in [0, 0.1) is 0 Å². The van der Waals surface area contributed by atoms with E-state index >= 15 is 0 Å². The number of hydrogen-bond acceptors (Lipinski definition) is 7. The minimum atomic E-state index is -0.0317. The second-order valence-corrected chi connectivity index (χ2v) is 9.14. The molecule has 1 aliphatic heterocycles. The summed E-state index contributed by atoms with van der Waals surface area (Å²) in [4.78, 5) is 32.7. The van der Waals surface area contributed by atoms with Crippen LogP contribution in [-0.2, 0) is 19.4 Å². The van der Waals surface area contributed by atoms with E-state index in [0.29, 0.717) is 28.8 Å². The van der Waals surface area contributed by atoms with Crippen LogP contribution in [-0.4, -0.2) is 27.9 Å². The highest BCUT2D eigenvalue weighted by molar-refractivity contribution is 7.99. The minimum absolute atomic E-state index is 0.0231. The van der Waals surface area contributed by atoms with Crippen LogP contribution in [0.25, 0.3) is 10.2 Å². The largest absolute Gasteiger partial charge is 0.454 e. The Morgan fingerprint density at radius 3 is 2.93 bits per heavy atom. The molecule has 8 heteroatoms. The summed E-state index contributed by atoms with van der Waals surface area (Å²) in [5.41, 5.74) is 1.79. The molecule has 3 heterocycles. The van der Waals surface area contributed by atoms with Gasteiger partial charge in [0.1, 0.15) is 4.83 Å². The van der Waals surface area contributed by atoms with Gasteiger partial charge < -0.3 is 9.47 Å². The van der Waals surface area contributed by atoms with E-state index in [9.17, 15) is 9.59 Å². The molecule has 0 bridgehead atoms. The maximum atomic E-state index is 13.2. The fourth-order valence-corrected chi connectivity index (χ4v) is 6.15. The van der Waals surface area contributed by atoms with Crippen molar-refractivity contribution in [3.63, 3.8) is 0 Å². The van der Waals surface area contributed by atoms with Crippen molar-refractivity contribution in [3.05, 3.63) is 44.6 Å². The van der Waals surface area contributed by atoms with Crippen molar-refractivity contribution in [2.45, 2.75) is 44.3 Å². The number of ether oxygens (including phenoxy) is 2. The van der Waals surface area contributed by atoms with Gasteiger partial charge in [-0.25, -0.2) is 4.98 Å². The zero-order valence-electron chi connectivity index (χ0n) is 16.0. The molecule has 2 aliphatic rings. The van der Waals surface area contributed by atoms with Crippen LogP contribution in [0.5, 0.6) is 11.5 Å². The normalized spacial score (nSPS) is 14.9. The lowest BCUT2D eigenvalue weighted by molar-refractivity contribution is 0.102. The van der Waals surface area contributed by atoms with Crippen LogP contribution in [0.4, 0.5) is 0 Å². The third-order valence-corrected chi connectivity index (χ3v) is 7.55. The molecule has 0 saturated heterocycles. The molecule has 29 heavy (non-hydrogen) atoms. The maximum Gasteiger partial charge on any atom is 0.263 e. The van der Waals surface area contributed by atoms with Crippen molar-refractivity contribution >= 4 is 39.1 Å². The first-order chi connectivity index (χ1) is 14.2. The predicted octanol–water partition coefficient (Wildman–Crippen LogP) is 4.06. The summed E-state index contributed by atoms with van der Waals surface area (Å²) < 4.78 is 12.3. The molecule has 1 aliphatic carbocycles. The van der Waals surface area contributed by atoms with Gasteiger partial charge in [0.25, 0.3) is 5.56 Å². The Bertz CT molecular complexity index is 1180. The Kier molecular flexibility index (Phi) is 4.83. The molecule has 6 nitrogen and oxygen atoms in total. The minimum Gasteiger partial charge on any atom is -0.454 e. The number of carbonyl (C=O) groups is 1. The summed E-state index contributed by atoms with van der Waals surface area (Å²) in [6, 6.07) is 5.21. The summed E-state index contributed by atoms with van der Waals surface area (Å²) in [6.45, 7) is 2.66. The lowest BCUT2D eigenvalue weighted by Gasteiger charge is -2.12. The lowest BCUT2D eigenvalue weighted by atomic mass is 9.97. The fourth-order valence-electron chi connectivity index (χ4n) is 3.89. The first kappa shape index (κ1) is 18.7. The summed E-state index contributed by atoms with van der Waals surface area (Å²) in [6.07, 6.45) is 4.30. The average molecular weight is 429 g/mol. The molecular formula is C21H20N2O4S2. The Labute approximate surface area is 175 Å². The van der Waals surface area contributed by atoms with Crippen LogP contribution in [0.1, 0.15) is 40.6 Å². The molecular weight excluding hydrogens is 408 g/mol. The summed E-state index contributed by atoms with van der Waals surface area (Å²) in [5, 5.41) is 1.40. The molecule has 0 N–H and O–H groups in total. The molecule has 0 fully saturated rings. The van der Waals surface area contributed by atoms with Gasteiger partial charge in [-0.05, 0) is 56.4 Å². The monoisotopic (exact) mass is 428 g/mol. The quantitative estimate of drug-likeness (QED) is 0.347. The van der Waals surface area contributed by atoms with Crippen LogP contribution in [0.3, 0.4) is 0 Å². The summed E-state index contributed by atoms with van der Waals surface area (Å²) in [7, 11) is 0. The van der Waals surface area contributed by atoms with Gasteiger partial charge in [-0.1, -0.05) is 11.8 Å². The van der Waals surface area contributed by atoms with Crippen LogP contribution < -0.4 is 15.0 Å². The van der Waals surface area contributed by atoms with E-state index in [1.165, 1.54) is 28.6 Å². The van der Waals surface area contributed by atoms with Gasteiger partial charge in [0, 0.05) is 17.0 Å². The Hall–Kier alpha value is -2.32. The van der Waals surface area contributed by atoms with Gasteiger partial charge in [0.05, 0.1) is 11.1 Å². The molecule has 0 unspecified atom stereocenters. The molecule has 2 aromatic heterocycles. The van der Waals surface area contributed by atoms with Crippen molar-refractivity contribution in [1.82, 2.24) is 9.55 Å². The molecule has 0 atom stereocenters. The van der Waals surface area contributed by atoms with E-state index in [1.807, 2.05) is 6.92 Å². The standard InChI is InChI=1S/C21H20N2O4S2/c1-2-23-20(25)18-13-5-3-4-6-17(13)29-19(18)22-21(23)28-10-14(24)12-7-8-15-16(9-12)27-11-26-15/h7-9H,2-6,10-11H2,1H3. The number of nitrogens with zero attached hydrogens (tertiary/aromatic N) is 2. The number of thioether (sulfide) groups is 1. The second-order valence-electron chi connectivity index (χ2n) is 7.11. The first-order valence-electron chi connectivity index (χ1n) is 9.76. The Balaban J connectivity index is 1.44. The van der Waals surface area contributed by atoms with Crippen molar-refractivity contribution < 1.29 is 14.3 Å². The van der Waals surface area contributed by atoms with Crippen molar-refractivity contribution in [3.8, 4) is 11.5 Å². The van der Waals surface area contributed by atoms with E-state index in [-0.39, 0.29) is 23.9 Å². The third kappa shape index (κ3) is 3.24. The molecule has 0 spiro atoms. The molecule has 1 aromatic carbocycles. The zero-order chi connectivity index (χ0) is 20.0. The van der Waals surface area contributed by atoms with E-state index in [2.05, 4.69) is 0 Å². The second kappa shape index (κ2) is 7.50. The number of rotatable bonds is 5. The fraction of sp³-hybridized carbons (Fsp3) is 0.381. The number of aryl methyl sites for hydroxylation is 2. The molecule has 0 amide bonds. The average Bonchev–Trinajstić information content (AvgIpc) is 3.35. The highest BCUT2D eigenvalue weighted by Gasteiger charge is 2.22. The van der Waals surface area contributed by atoms with Gasteiger partial charge in [-0.3, -0.25) is 14.2 Å². The van der Waals surface area contributed by atoms with Gasteiger partial charge in [-0.15, -0.1) is 11.3 Å². The van der Waals surface area contributed by atoms with Crippen molar-refractivity contribution in [1.29, 1.82) is 0 Å². The van der Waals surface area contributed by atoms with Gasteiger partial charge in [0.15, 0.2) is 22.4 Å². The number of Topliss-reactive ketones (excluding diaryl/α,β-unsaturated/α-hetero) is 1. The number of carbonyl (C=O) groups excluding carboxylic acids is 1. The highest BCUT2D eigenvalue weighted by Crippen LogP contribution is 2.35. The van der Waals surface area contributed by atoms with Crippen molar-refractivity contribution in [2.24, 2.45) is 0 Å². The van der Waals surface area contributed by atoms with Crippen LogP contribution >= 0.6 is 23.1 Å². The number of benzene rings is 1. The van der Waals surface area contributed by atoms with Crippen molar-refractivity contribution in [2.75, 3.05) is 12.5 Å². The van der Waals surface area contributed by atoms with E-state index < -0.39 is 0 Å². The predicted molar refractivity (Wildman–Crippen MR) is 114 cm³/mol. The number of hydrogen-bond donors (Lipinski definition) is 0. The van der Waals surface area contributed by atoms with Gasteiger partial charge in [0.2, 0.25) is 6.79 Å². The highest BCUT2D eigenvalue weighted by atomic mass is 32.2. The van der Waals surface area contributed by atoms with Crippen LogP contribution in [0.2, 0.25) is 0 Å². The molecule has 0 radical (unpaired) electrons. The van der Waals surface area contributed by atoms with Gasteiger partial charge >= 0.3 is 0 Å². The number of aromatic nitrogens is 2. The Morgan fingerprint density at radius 2 is 2.07 bits per heavy atom. The summed E-state index contributed by atoms with van der Waals surface area (Å²) >= 11 is 2.96. The Morgan fingerprint density at radius 1 is 1.24 bits per heavy atom. The van der Waals surface area contributed by atoms with E-state index in [1.54, 1.807) is 34.1 Å². The van der Waals surface area contributed by atoms with E-state index in [0.717, 1.165) is 29.5 Å². The van der Waals surface area contributed by atoms with Gasteiger partial charge in [-0.2, -0.15) is 0 Å². The number of fused-ring (bicyclic) bond motifs is 4. The molecule has 150 valence electrons. The maximum absolute atomic E-state index is 13.2. The number of thiophene rings is 1. The molecule has 5 rings (SSSR count).